The highest BCUT2D eigenvalue weighted by Crippen LogP contribution is 2.21. The highest BCUT2D eigenvalue weighted by atomic mass is 16.6. The number of nitro groups is 1. The zero-order valence-electron chi connectivity index (χ0n) is 10.5. The number of nitro benzene ring substituents is 1. The largest absolute Gasteiger partial charge is 0.356 e. The highest BCUT2D eigenvalue weighted by Gasteiger charge is 2.04. The number of nitrogens with two attached hydrogens (primary N) is 1. The van der Waals surface area contributed by atoms with Crippen LogP contribution in [0.3, 0.4) is 0 Å². The van der Waals surface area contributed by atoms with Gasteiger partial charge in [-0.25, -0.2) is 0 Å². The summed E-state index contributed by atoms with van der Waals surface area (Å²) in [6, 6.07) is 14.1. The van der Waals surface area contributed by atoms with Gasteiger partial charge in [0, 0.05) is 29.5 Å². The predicted molar refractivity (Wildman–Crippen MR) is 75.4 cm³/mol. The van der Waals surface area contributed by atoms with Crippen molar-refractivity contribution in [2.45, 2.75) is 13.0 Å². The second-order valence-corrected chi connectivity index (χ2v) is 4.34. The van der Waals surface area contributed by atoms with E-state index in [0.29, 0.717) is 0 Å². The maximum Gasteiger partial charge on any atom is 0.269 e. The summed E-state index contributed by atoms with van der Waals surface area (Å²) in [6.07, 6.45) is 0. The molecule has 19 heavy (non-hydrogen) atoms. The first-order valence-corrected chi connectivity index (χ1v) is 5.93. The van der Waals surface area contributed by atoms with Gasteiger partial charge in [0.15, 0.2) is 0 Å². The Kier molecular flexibility index (Phi) is 3.77. The van der Waals surface area contributed by atoms with E-state index in [1.807, 2.05) is 31.2 Å². The summed E-state index contributed by atoms with van der Waals surface area (Å²) in [7, 11) is 0. The Morgan fingerprint density at radius 2 is 1.53 bits per heavy atom. The van der Waals surface area contributed by atoms with Crippen LogP contribution in [0.5, 0.6) is 0 Å². The summed E-state index contributed by atoms with van der Waals surface area (Å²) in [6.45, 7) is 1.93. The van der Waals surface area contributed by atoms with E-state index in [1.165, 1.54) is 12.1 Å². The number of anilines is 2. The summed E-state index contributed by atoms with van der Waals surface area (Å²) >= 11 is 0. The van der Waals surface area contributed by atoms with Crippen LogP contribution in [0, 0.1) is 10.1 Å². The molecule has 1 atom stereocenters. The normalized spacial score (nSPS) is 11.9. The van der Waals surface area contributed by atoms with Crippen LogP contribution >= 0.6 is 0 Å². The maximum absolute atomic E-state index is 10.5. The lowest BCUT2D eigenvalue weighted by atomic mass is 10.1. The molecule has 0 aromatic heterocycles. The van der Waals surface area contributed by atoms with Crippen LogP contribution in [-0.4, -0.2) is 4.92 Å². The van der Waals surface area contributed by atoms with E-state index in [4.69, 9.17) is 5.73 Å². The minimum Gasteiger partial charge on any atom is -0.356 e. The topological polar surface area (TPSA) is 81.2 Å². The molecule has 0 aliphatic carbocycles. The van der Waals surface area contributed by atoms with Crippen molar-refractivity contribution in [1.82, 2.24) is 0 Å². The zero-order chi connectivity index (χ0) is 13.8. The van der Waals surface area contributed by atoms with Gasteiger partial charge in [0.1, 0.15) is 0 Å². The molecule has 0 saturated carbocycles. The minimum atomic E-state index is -0.415. The fraction of sp³-hybridized carbons (Fsp3) is 0.143. The van der Waals surface area contributed by atoms with Crippen LogP contribution in [0.4, 0.5) is 17.1 Å². The van der Waals surface area contributed by atoms with E-state index in [9.17, 15) is 10.1 Å². The van der Waals surface area contributed by atoms with Crippen molar-refractivity contribution in [2.24, 2.45) is 5.73 Å². The van der Waals surface area contributed by atoms with Gasteiger partial charge in [0.25, 0.3) is 5.69 Å². The van der Waals surface area contributed by atoms with Crippen LogP contribution in [0.15, 0.2) is 48.5 Å². The van der Waals surface area contributed by atoms with Gasteiger partial charge in [-0.15, -0.1) is 0 Å². The Morgan fingerprint density at radius 3 is 1.95 bits per heavy atom. The second-order valence-electron chi connectivity index (χ2n) is 4.34. The van der Waals surface area contributed by atoms with Gasteiger partial charge < -0.3 is 11.1 Å². The van der Waals surface area contributed by atoms with Crippen LogP contribution in [0.25, 0.3) is 0 Å². The summed E-state index contributed by atoms with van der Waals surface area (Å²) in [5.41, 5.74) is 8.64. The summed E-state index contributed by atoms with van der Waals surface area (Å²) in [4.78, 5) is 10.1. The van der Waals surface area contributed by atoms with E-state index in [0.717, 1.165) is 16.9 Å². The van der Waals surface area contributed by atoms with Crippen molar-refractivity contribution >= 4 is 17.1 Å². The first-order chi connectivity index (χ1) is 9.06. The summed E-state index contributed by atoms with van der Waals surface area (Å²) in [5, 5.41) is 13.7. The van der Waals surface area contributed by atoms with Gasteiger partial charge in [-0.3, -0.25) is 10.1 Å². The molecule has 0 unspecified atom stereocenters. The number of hydrogen-bond acceptors (Lipinski definition) is 4. The lowest BCUT2D eigenvalue weighted by molar-refractivity contribution is -0.384. The molecule has 0 aliphatic heterocycles. The van der Waals surface area contributed by atoms with Gasteiger partial charge >= 0.3 is 0 Å². The first-order valence-electron chi connectivity index (χ1n) is 5.93. The van der Waals surface area contributed by atoms with E-state index >= 15 is 0 Å². The Labute approximate surface area is 111 Å². The maximum atomic E-state index is 10.5. The van der Waals surface area contributed by atoms with Crippen LogP contribution in [-0.2, 0) is 0 Å². The first kappa shape index (κ1) is 13.0. The molecule has 0 saturated heterocycles. The number of nitrogens with zero attached hydrogens (tertiary/aromatic N) is 1. The molecule has 0 heterocycles. The fourth-order valence-electron chi connectivity index (χ4n) is 1.70. The van der Waals surface area contributed by atoms with E-state index in [-0.39, 0.29) is 11.7 Å². The molecule has 0 amide bonds. The lowest BCUT2D eigenvalue weighted by Gasteiger charge is -2.09. The molecule has 98 valence electrons. The van der Waals surface area contributed by atoms with E-state index in [2.05, 4.69) is 5.32 Å². The van der Waals surface area contributed by atoms with Crippen molar-refractivity contribution in [1.29, 1.82) is 0 Å². The molecule has 0 radical (unpaired) electrons. The molecular weight excluding hydrogens is 242 g/mol. The van der Waals surface area contributed by atoms with Crippen LogP contribution < -0.4 is 11.1 Å². The molecule has 3 N–H and O–H groups in total. The Balaban J connectivity index is 2.10. The van der Waals surface area contributed by atoms with E-state index in [1.54, 1.807) is 12.1 Å². The van der Waals surface area contributed by atoms with Crippen molar-refractivity contribution in [2.75, 3.05) is 5.32 Å². The number of benzene rings is 2. The van der Waals surface area contributed by atoms with Gasteiger partial charge in [-0.2, -0.15) is 0 Å². The van der Waals surface area contributed by atoms with Crippen molar-refractivity contribution in [3.63, 3.8) is 0 Å². The quantitative estimate of drug-likeness (QED) is 0.650. The van der Waals surface area contributed by atoms with Crippen LogP contribution in [0.2, 0.25) is 0 Å². The third kappa shape index (κ3) is 3.29. The molecule has 0 aliphatic rings. The number of nitrogens with one attached hydrogen (secondary N) is 1. The molecule has 0 bridgehead atoms. The van der Waals surface area contributed by atoms with Gasteiger partial charge in [0.2, 0.25) is 0 Å². The lowest BCUT2D eigenvalue weighted by Crippen LogP contribution is -2.04. The average Bonchev–Trinajstić information content (AvgIpc) is 2.40. The molecule has 2 aromatic carbocycles. The molecule has 0 spiro atoms. The van der Waals surface area contributed by atoms with E-state index < -0.39 is 4.92 Å². The average molecular weight is 257 g/mol. The van der Waals surface area contributed by atoms with Gasteiger partial charge in [0.05, 0.1) is 4.92 Å². The Bertz CT molecular complexity index is 562. The molecule has 2 aromatic rings. The SMILES string of the molecule is C[C@H](N)c1ccc(Nc2ccc([N+](=O)[O-])cc2)cc1. The molecule has 2 rings (SSSR count). The van der Waals surface area contributed by atoms with Gasteiger partial charge in [-0.1, -0.05) is 12.1 Å². The molecule has 0 fully saturated rings. The van der Waals surface area contributed by atoms with Crippen LogP contribution in [0.1, 0.15) is 18.5 Å². The molecular formula is C14H15N3O2. The molecule has 5 nitrogen and oxygen atoms in total. The standard InChI is InChI=1S/C14H15N3O2/c1-10(15)11-2-4-12(5-3-11)16-13-6-8-14(9-7-13)17(18)19/h2-10,16H,15H2,1H3/t10-/m0/s1. The fourth-order valence-corrected chi connectivity index (χ4v) is 1.70. The summed E-state index contributed by atoms with van der Waals surface area (Å²) in [5.74, 6) is 0. The van der Waals surface area contributed by atoms with Crippen molar-refractivity contribution in [3.8, 4) is 0 Å². The number of rotatable bonds is 4. The van der Waals surface area contributed by atoms with Gasteiger partial charge in [-0.05, 0) is 36.8 Å². The highest BCUT2D eigenvalue weighted by molar-refractivity contribution is 5.61. The van der Waals surface area contributed by atoms with Crippen molar-refractivity contribution < 1.29 is 4.92 Å². The number of hydrogen-bond donors (Lipinski definition) is 2. The zero-order valence-corrected chi connectivity index (χ0v) is 10.5. The smallest absolute Gasteiger partial charge is 0.269 e. The van der Waals surface area contributed by atoms with Crippen molar-refractivity contribution in [3.05, 3.63) is 64.2 Å². The molecule has 5 heteroatoms. The number of non-ortho nitro benzene ring substituents is 1. The summed E-state index contributed by atoms with van der Waals surface area (Å²) < 4.78 is 0. The minimum absolute atomic E-state index is 0.00780. The third-order valence-corrected chi connectivity index (χ3v) is 2.80. The predicted octanol–water partition coefficient (Wildman–Crippen LogP) is 3.36. The monoisotopic (exact) mass is 257 g/mol. The third-order valence-electron chi connectivity index (χ3n) is 2.80. The Hall–Kier alpha value is -2.40. The Morgan fingerprint density at radius 1 is 1.05 bits per heavy atom. The second kappa shape index (κ2) is 5.49.